The maximum Gasteiger partial charge on any atom is 0.221 e. The second-order valence-corrected chi connectivity index (χ2v) is 7.03. The largest absolute Gasteiger partial charge is 0.493 e. The first kappa shape index (κ1) is 19.1. The zero-order chi connectivity index (χ0) is 18.9. The Morgan fingerprint density at radius 3 is 2.85 bits per heavy atom. The average Bonchev–Trinajstić information content (AvgIpc) is 3.19. The Hall–Kier alpha value is -2.70. The molecule has 2 heterocycles. The van der Waals surface area contributed by atoms with Crippen LogP contribution in [0.4, 0.5) is 5.69 Å². The number of hydrogen-bond donors (Lipinski definition) is 2. The van der Waals surface area contributed by atoms with E-state index in [4.69, 9.17) is 9.72 Å². The predicted molar refractivity (Wildman–Crippen MR) is 110 cm³/mol. The van der Waals surface area contributed by atoms with Crippen LogP contribution in [0.2, 0.25) is 0 Å². The minimum Gasteiger partial charge on any atom is -0.493 e. The predicted octanol–water partition coefficient (Wildman–Crippen LogP) is 4.33. The molecule has 3 aromatic rings. The number of thiophene rings is 1. The van der Waals surface area contributed by atoms with E-state index in [1.54, 1.807) is 11.3 Å². The highest BCUT2D eigenvalue weighted by atomic mass is 32.1. The molecule has 0 aliphatic carbocycles. The van der Waals surface area contributed by atoms with Gasteiger partial charge in [0.2, 0.25) is 5.91 Å². The van der Waals surface area contributed by atoms with E-state index < -0.39 is 0 Å². The molecule has 0 saturated carbocycles. The number of hydrogen-bond acceptors (Lipinski definition) is 5. The van der Waals surface area contributed by atoms with Crippen molar-refractivity contribution in [2.24, 2.45) is 0 Å². The van der Waals surface area contributed by atoms with E-state index in [1.165, 1.54) is 11.8 Å². The van der Waals surface area contributed by atoms with Crippen LogP contribution in [0.15, 0.2) is 60.0 Å². The van der Waals surface area contributed by atoms with E-state index in [9.17, 15) is 4.79 Å². The summed E-state index contributed by atoms with van der Waals surface area (Å²) >= 11 is 1.70. The van der Waals surface area contributed by atoms with Crippen LogP contribution in [-0.2, 0) is 11.3 Å². The first-order valence-electron chi connectivity index (χ1n) is 8.92. The zero-order valence-corrected chi connectivity index (χ0v) is 16.1. The average molecular weight is 382 g/mol. The summed E-state index contributed by atoms with van der Waals surface area (Å²) in [6.07, 6.45) is 0.884. The van der Waals surface area contributed by atoms with Crippen molar-refractivity contribution in [3.8, 4) is 16.3 Å². The van der Waals surface area contributed by atoms with Gasteiger partial charge in [0.25, 0.3) is 0 Å². The quantitative estimate of drug-likeness (QED) is 0.542. The van der Waals surface area contributed by atoms with Gasteiger partial charge in [0, 0.05) is 25.2 Å². The molecule has 1 aromatic carbocycles. The molecule has 0 spiro atoms. The Bertz CT molecular complexity index is 865. The van der Waals surface area contributed by atoms with Crippen LogP contribution in [-0.4, -0.2) is 24.0 Å². The maximum atomic E-state index is 11.1. The Labute approximate surface area is 163 Å². The Kier molecular flexibility index (Phi) is 6.96. The lowest BCUT2D eigenvalue weighted by Crippen LogP contribution is -2.17. The molecule has 0 saturated heterocycles. The van der Waals surface area contributed by atoms with E-state index >= 15 is 0 Å². The summed E-state index contributed by atoms with van der Waals surface area (Å²) in [7, 11) is 0. The Morgan fingerprint density at radius 1 is 1.15 bits per heavy atom. The number of carbonyl (C=O) groups is 1. The fourth-order valence-electron chi connectivity index (χ4n) is 2.61. The maximum absolute atomic E-state index is 11.1. The molecular formula is C21H23N3O2S. The molecular weight excluding hydrogens is 358 g/mol. The van der Waals surface area contributed by atoms with Crippen molar-refractivity contribution in [2.75, 3.05) is 18.5 Å². The highest BCUT2D eigenvalue weighted by molar-refractivity contribution is 7.13. The Morgan fingerprint density at radius 2 is 2.04 bits per heavy atom. The van der Waals surface area contributed by atoms with Gasteiger partial charge < -0.3 is 15.4 Å². The molecule has 3 rings (SSSR count). The lowest BCUT2D eigenvalue weighted by Gasteiger charge is -2.09. The molecule has 2 aromatic heterocycles. The summed E-state index contributed by atoms with van der Waals surface area (Å²) in [4.78, 5) is 17.0. The fourth-order valence-corrected chi connectivity index (χ4v) is 3.31. The van der Waals surface area contributed by atoms with Gasteiger partial charge in [0.1, 0.15) is 5.75 Å². The van der Waals surface area contributed by atoms with Crippen molar-refractivity contribution in [1.29, 1.82) is 0 Å². The molecule has 27 heavy (non-hydrogen) atoms. The number of nitrogens with zero attached hydrogens (tertiary/aromatic N) is 1. The third kappa shape index (κ3) is 6.20. The van der Waals surface area contributed by atoms with Gasteiger partial charge in [-0.15, -0.1) is 11.3 Å². The second kappa shape index (κ2) is 9.85. The van der Waals surface area contributed by atoms with Crippen molar-refractivity contribution in [3.05, 3.63) is 65.7 Å². The number of nitrogens with one attached hydrogen (secondary N) is 2. The third-order valence-corrected chi connectivity index (χ3v) is 4.70. The van der Waals surface area contributed by atoms with Crippen molar-refractivity contribution in [2.45, 2.75) is 19.9 Å². The molecule has 0 bridgehead atoms. The summed E-state index contributed by atoms with van der Waals surface area (Å²) < 4.78 is 5.74. The zero-order valence-electron chi connectivity index (χ0n) is 15.3. The van der Waals surface area contributed by atoms with Crippen LogP contribution >= 0.6 is 11.3 Å². The summed E-state index contributed by atoms with van der Waals surface area (Å²) in [5.74, 6) is 0.666. The number of pyridine rings is 1. The van der Waals surface area contributed by atoms with Gasteiger partial charge >= 0.3 is 0 Å². The molecule has 6 heteroatoms. The first-order valence-corrected chi connectivity index (χ1v) is 9.80. The standard InChI is InChI=1S/C21H23N3O2S/c1-16(25)23-17-6-2-8-19(14-17)26-12-5-11-22-15-18-7-3-9-20(24-18)21-10-4-13-27-21/h2-4,6-10,13-14,22H,5,11-12,15H2,1H3,(H,23,25). The van der Waals surface area contributed by atoms with E-state index in [0.29, 0.717) is 6.61 Å². The molecule has 1 amide bonds. The van der Waals surface area contributed by atoms with Gasteiger partial charge in [-0.2, -0.15) is 0 Å². The summed E-state index contributed by atoms with van der Waals surface area (Å²) in [5, 5.41) is 8.22. The minimum absolute atomic E-state index is 0.0897. The second-order valence-electron chi connectivity index (χ2n) is 6.08. The van der Waals surface area contributed by atoms with Crippen LogP contribution in [0.5, 0.6) is 5.75 Å². The van der Waals surface area contributed by atoms with Crippen molar-refractivity contribution >= 4 is 22.9 Å². The Balaban J connectivity index is 1.38. The SMILES string of the molecule is CC(=O)Nc1cccc(OCCCNCc2cccc(-c3cccs3)n2)c1. The number of aromatic nitrogens is 1. The normalized spacial score (nSPS) is 10.6. The monoisotopic (exact) mass is 381 g/mol. The summed E-state index contributed by atoms with van der Waals surface area (Å²) in [6.45, 7) is 3.68. The molecule has 5 nitrogen and oxygen atoms in total. The number of rotatable bonds is 9. The highest BCUT2D eigenvalue weighted by Crippen LogP contribution is 2.22. The molecule has 0 unspecified atom stereocenters. The lowest BCUT2D eigenvalue weighted by molar-refractivity contribution is -0.114. The van der Waals surface area contributed by atoms with Crippen LogP contribution in [0, 0.1) is 0 Å². The van der Waals surface area contributed by atoms with Crippen LogP contribution in [0.25, 0.3) is 10.6 Å². The van der Waals surface area contributed by atoms with Gasteiger partial charge in [-0.3, -0.25) is 9.78 Å². The molecule has 140 valence electrons. The van der Waals surface area contributed by atoms with Crippen LogP contribution in [0.3, 0.4) is 0 Å². The van der Waals surface area contributed by atoms with Crippen molar-refractivity contribution in [3.63, 3.8) is 0 Å². The highest BCUT2D eigenvalue weighted by Gasteiger charge is 2.02. The third-order valence-electron chi connectivity index (χ3n) is 3.81. The number of ether oxygens (including phenoxy) is 1. The van der Waals surface area contributed by atoms with E-state index in [-0.39, 0.29) is 5.91 Å². The number of benzene rings is 1. The number of carbonyl (C=O) groups excluding carboxylic acids is 1. The number of amides is 1. The van der Waals surface area contributed by atoms with Crippen LogP contribution in [0.1, 0.15) is 19.0 Å². The van der Waals surface area contributed by atoms with Gasteiger partial charge in [-0.25, -0.2) is 0 Å². The summed E-state index contributed by atoms with van der Waals surface area (Å²) in [5.41, 5.74) is 2.80. The smallest absolute Gasteiger partial charge is 0.221 e. The van der Waals surface area contributed by atoms with Crippen molar-refractivity contribution in [1.82, 2.24) is 10.3 Å². The molecule has 0 aliphatic rings. The van der Waals surface area contributed by atoms with Gasteiger partial charge in [0.15, 0.2) is 0 Å². The van der Waals surface area contributed by atoms with Crippen molar-refractivity contribution < 1.29 is 9.53 Å². The van der Waals surface area contributed by atoms with E-state index in [1.807, 2.05) is 48.5 Å². The lowest BCUT2D eigenvalue weighted by atomic mass is 10.2. The van der Waals surface area contributed by atoms with E-state index in [0.717, 1.165) is 42.3 Å². The first-order chi connectivity index (χ1) is 13.2. The van der Waals surface area contributed by atoms with Crippen LogP contribution < -0.4 is 15.4 Å². The van der Waals surface area contributed by atoms with Gasteiger partial charge in [0.05, 0.1) is 22.9 Å². The molecule has 0 aliphatic heterocycles. The minimum atomic E-state index is -0.0897. The molecule has 2 N–H and O–H groups in total. The summed E-state index contributed by atoms with van der Waals surface area (Å²) in [6, 6.07) is 17.7. The van der Waals surface area contributed by atoms with Gasteiger partial charge in [-0.1, -0.05) is 18.2 Å². The topological polar surface area (TPSA) is 63.2 Å². The van der Waals surface area contributed by atoms with Gasteiger partial charge in [-0.05, 0) is 48.7 Å². The molecule has 0 radical (unpaired) electrons. The molecule has 0 atom stereocenters. The number of anilines is 1. The van der Waals surface area contributed by atoms with E-state index in [2.05, 4.69) is 22.1 Å². The molecule has 0 fully saturated rings. The fraction of sp³-hybridized carbons (Fsp3) is 0.238.